The maximum Gasteiger partial charge on any atom is 3.00 e. The van der Waals surface area contributed by atoms with Crippen molar-refractivity contribution >= 4 is 59.6 Å². The maximum atomic E-state index is 13.0. The minimum Gasteiger partial charge on any atom is -0.549 e. The second-order valence-corrected chi connectivity index (χ2v) is 14.1. The summed E-state index contributed by atoms with van der Waals surface area (Å²) in [7, 11) is -3.71. The van der Waals surface area contributed by atoms with Crippen LogP contribution in [0.25, 0.3) is 0 Å². The fraction of sp³-hybridized carbons (Fsp3) is 0.656. The van der Waals surface area contributed by atoms with E-state index in [9.17, 15) is 52.8 Å². The zero-order valence-corrected chi connectivity index (χ0v) is 32.6. The van der Waals surface area contributed by atoms with Crippen LogP contribution in [-0.4, -0.2) is 185 Å². The van der Waals surface area contributed by atoms with Crippen molar-refractivity contribution in [3.8, 4) is 0 Å². The Morgan fingerprint density at radius 3 is 1.55 bits per heavy atom. The molecule has 1 unspecified atom stereocenters. The number of carboxylic acids is 4. The number of carbonyl (C=O) groups excluding carboxylic acids is 4. The SMILES string of the molecule is CCCN(CCC)S(=O)(=O)c1ccc(C(=O)NCCCC(C(=O)O)N2CCN(CC(=O)[O-])CCN(CC(=O)[O-])CCN(CC(=O)[O-])CC2)cc1.[Ga+3]. The molecule has 0 aromatic heterocycles. The van der Waals surface area contributed by atoms with E-state index in [2.05, 4.69) is 5.32 Å². The number of amides is 1. The first kappa shape index (κ1) is 46.0. The van der Waals surface area contributed by atoms with Gasteiger partial charge in [0.2, 0.25) is 10.0 Å². The summed E-state index contributed by atoms with van der Waals surface area (Å²) in [6.45, 7) is 4.23. The van der Waals surface area contributed by atoms with Crippen LogP contribution in [-0.2, 0) is 29.2 Å². The minimum atomic E-state index is -3.71. The molecule has 1 heterocycles. The molecule has 282 valence electrons. The molecule has 0 aliphatic carbocycles. The van der Waals surface area contributed by atoms with Gasteiger partial charge in [0, 0.05) is 97.2 Å². The number of nitrogens with one attached hydrogen (secondary N) is 1. The van der Waals surface area contributed by atoms with E-state index in [4.69, 9.17) is 0 Å². The number of carbonyl (C=O) groups is 5. The normalized spacial score (nSPS) is 16.7. The van der Waals surface area contributed by atoms with Gasteiger partial charge < -0.3 is 40.1 Å². The summed E-state index contributed by atoms with van der Waals surface area (Å²) < 4.78 is 27.5. The van der Waals surface area contributed by atoms with E-state index in [-0.39, 0.29) is 102 Å². The molecule has 1 aliphatic heterocycles. The molecule has 2 rings (SSSR count). The summed E-state index contributed by atoms with van der Waals surface area (Å²) in [6, 6.07) is 4.55. The van der Waals surface area contributed by atoms with Crippen molar-refractivity contribution in [3.63, 3.8) is 0 Å². The fourth-order valence-electron chi connectivity index (χ4n) is 5.73. The van der Waals surface area contributed by atoms with E-state index in [1.165, 1.54) is 43.3 Å². The molecule has 0 saturated carbocycles. The van der Waals surface area contributed by atoms with Gasteiger partial charge in [0.15, 0.2) is 0 Å². The van der Waals surface area contributed by atoms with Crippen LogP contribution in [0.4, 0.5) is 0 Å². The molecule has 1 atom stereocenters. The van der Waals surface area contributed by atoms with E-state index in [0.717, 1.165) is 0 Å². The van der Waals surface area contributed by atoms with Gasteiger partial charge >= 0.3 is 25.8 Å². The van der Waals surface area contributed by atoms with Crippen LogP contribution in [0.3, 0.4) is 0 Å². The predicted molar refractivity (Wildman–Crippen MR) is 180 cm³/mol. The summed E-state index contributed by atoms with van der Waals surface area (Å²) in [6.07, 6.45) is 1.67. The van der Waals surface area contributed by atoms with Gasteiger partial charge in [-0.1, -0.05) is 13.8 Å². The Labute approximate surface area is 312 Å². The standard InChI is InChI=1S/C32H52N6O11S.Ga/c1-3-12-38(13-4-2)50(48,49)26-9-7-25(8-10-26)31(45)33-11-5-6-27(32(46)47)37-20-18-35(23-29(41)42)16-14-34(22-28(39)40)15-17-36(19-21-37)24-30(43)44;/h7-10,27H,3-6,11-24H2,1-2H3,(H,33,45)(H,39,40)(H,41,42)(H,43,44)(H,46,47);/q;+3/p-3. The Morgan fingerprint density at radius 2 is 1.18 bits per heavy atom. The Hall–Kier alpha value is -3.04. The van der Waals surface area contributed by atoms with Crippen molar-refractivity contribution in [1.29, 1.82) is 0 Å². The van der Waals surface area contributed by atoms with Gasteiger partial charge in [0.1, 0.15) is 6.04 Å². The molecule has 1 fully saturated rings. The summed E-state index contributed by atoms with van der Waals surface area (Å²) >= 11 is 0. The summed E-state index contributed by atoms with van der Waals surface area (Å²) in [4.78, 5) is 65.6. The number of hydrogen-bond donors (Lipinski definition) is 2. The van der Waals surface area contributed by atoms with Crippen LogP contribution in [0, 0.1) is 0 Å². The van der Waals surface area contributed by atoms with Crippen molar-refractivity contribution < 1.29 is 52.8 Å². The monoisotopic (exact) mass is 794 g/mol. The van der Waals surface area contributed by atoms with Gasteiger partial charge in [-0.3, -0.25) is 29.2 Å². The van der Waals surface area contributed by atoms with Crippen molar-refractivity contribution in [2.75, 3.05) is 91.6 Å². The Bertz CT molecular complexity index is 1350. The van der Waals surface area contributed by atoms with Crippen molar-refractivity contribution in [2.45, 2.75) is 50.5 Å². The number of nitrogens with zero attached hydrogens (tertiary/aromatic N) is 5. The number of benzene rings is 1. The van der Waals surface area contributed by atoms with Gasteiger partial charge in [0.05, 0.1) is 22.8 Å². The van der Waals surface area contributed by atoms with E-state index >= 15 is 0 Å². The van der Waals surface area contributed by atoms with E-state index in [1.54, 1.807) is 4.90 Å². The Kier molecular flexibility index (Phi) is 21.2. The third-order valence-corrected chi connectivity index (χ3v) is 10.2. The molecule has 1 amide bonds. The van der Waals surface area contributed by atoms with E-state index in [0.29, 0.717) is 25.9 Å². The number of aliphatic carboxylic acids is 4. The van der Waals surface area contributed by atoms with Crippen LogP contribution in [0.2, 0.25) is 0 Å². The molecule has 2 N–H and O–H groups in total. The van der Waals surface area contributed by atoms with Crippen molar-refractivity contribution in [2.24, 2.45) is 0 Å². The van der Waals surface area contributed by atoms with Crippen LogP contribution in [0.1, 0.15) is 49.9 Å². The molecular weight excluding hydrogens is 746 g/mol. The number of sulfonamides is 1. The van der Waals surface area contributed by atoms with Gasteiger partial charge in [-0.2, -0.15) is 4.31 Å². The van der Waals surface area contributed by atoms with Crippen LogP contribution in [0.15, 0.2) is 29.2 Å². The third-order valence-electron chi connectivity index (χ3n) is 8.30. The van der Waals surface area contributed by atoms with Gasteiger partial charge in [0.25, 0.3) is 5.91 Å². The zero-order chi connectivity index (χ0) is 37.3. The molecule has 17 nitrogen and oxygen atoms in total. The Morgan fingerprint density at radius 1 is 0.765 bits per heavy atom. The molecule has 1 aromatic carbocycles. The summed E-state index contributed by atoms with van der Waals surface area (Å²) in [5.41, 5.74) is 0.235. The molecule has 19 heteroatoms. The molecule has 0 bridgehead atoms. The minimum absolute atomic E-state index is 0. The smallest absolute Gasteiger partial charge is 0.549 e. The number of rotatable bonds is 19. The molecule has 1 aliphatic rings. The summed E-state index contributed by atoms with van der Waals surface area (Å²) in [5, 5.41) is 47.0. The molecule has 0 spiro atoms. The van der Waals surface area contributed by atoms with Crippen molar-refractivity contribution in [1.82, 2.24) is 29.2 Å². The largest absolute Gasteiger partial charge is 3.00 e. The molecular formula is C32H49GaN6O11S. The first-order valence-electron chi connectivity index (χ1n) is 16.8. The maximum absolute atomic E-state index is 13.0. The second kappa shape index (κ2) is 23.5. The van der Waals surface area contributed by atoms with Crippen LogP contribution in [0.5, 0.6) is 0 Å². The quantitative estimate of drug-likeness (QED) is 0.0993. The average Bonchev–Trinajstić information content (AvgIpc) is 3.04. The number of hydrogen-bond acceptors (Lipinski definition) is 14. The van der Waals surface area contributed by atoms with Gasteiger partial charge in [-0.15, -0.1) is 0 Å². The first-order chi connectivity index (χ1) is 23.7. The number of carboxylic acid groups (broad SMARTS) is 4. The molecule has 1 aromatic rings. The topological polar surface area (TPSA) is 237 Å². The Balaban J connectivity index is 0.0000130. The predicted octanol–water partition coefficient (Wildman–Crippen LogP) is -4.45. The van der Waals surface area contributed by atoms with E-state index in [1.807, 2.05) is 13.8 Å². The zero-order valence-electron chi connectivity index (χ0n) is 29.4. The first-order valence-corrected chi connectivity index (χ1v) is 18.2. The van der Waals surface area contributed by atoms with Crippen LogP contribution < -0.4 is 20.6 Å². The van der Waals surface area contributed by atoms with Crippen molar-refractivity contribution in [3.05, 3.63) is 29.8 Å². The van der Waals surface area contributed by atoms with Crippen LogP contribution >= 0.6 is 0 Å². The third kappa shape index (κ3) is 16.4. The van der Waals surface area contributed by atoms with Gasteiger partial charge in [-0.05, 0) is 49.9 Å². The second-order valence-electron chi connectivity index (χ2n) is 12.2. The van der Waals surface area contributed by atoms with E-state index < -0.39 is 65.5 Å². The van der Waals surface area contributed by atoms with Gasteiger partial charge in [-0.25, -0.2) is 8.42 Å². The fourth-order valence-corrected chi connectivity index (χ4v) is 7.35. The average molecular weight is 796 g/mol. The molecule has 0 radical (unpaired) electrons. The molecule has 1 saturated heterocycles. The summed E-state index contributed by atoms with van der Waals surface area (Å²) in [5.74, 6) is -5.67. The molecule has 51 heavy (non-hydrogen) atoms.